The van der Waals surface area contributed by atoms with Gasteiger partial charge in [0.2, 0.25) is 0 Å². The van der Waals surface area contributed by atoms with E-state index in [9.17, 15) is 0 Å². The van der Waals surface area contributed by atoms with E-state index in [0.717, 1.165) is 49.7 Å². The zero-order chi connectivity index (χ0) is 33.5. The van der Waals surface area contributed by atoms with Crippen molar-refractivity contribution in [2.45, 2.75) is 126 Å². The Morgan fingerprint density at radius 3 is 1.73 bits per heavy atom. The first-order valence-electron chi connectivity index (χ1n) is 15.9. The molecule has 0 saturated heterocycles. The third kappa shape index (κ3) is 21.1. The summed E-state index contributed by atoms with van der Waals surface area (Å²) in [5.74, 6) is 0. The van der Waals surface area contributed by atoms with Crippen LogP contribution in [-0.2, 0) is 45.3 Å². The molecule has 0 aromatic carbocycles. The lowest BCUT2D eigenvalue weighted by molar-refractivity contribution is 0.0651. The predicted molar refractivity (Wildman–Crippen MR) is 178 cm³/mol. The minimum atomic E-state index is 0.277. The van der Waals surface area contributed by atoms with Crippen molar-refractivity contribution in [3.8, 4) is 0 Å². The number of hydrogen-bond donors (Lipinski definition) is 2. The number of ether oxygens (including phenoxy) is 4. The molecular weight excluding hydrogens is 572 g/mol. The molecule has 0 aliphatic carbocycles. The van der Waals surface area contributed by atoms with E-state index in [2.05, 4.69) is 30.6 Å². The summed E-state index contributed by atoms with van der Waals surface area (Å²) in [7, 11) is 0. The van der Waals surface area contributed by atoms with Gasteiger partial charge in [-0.1, -0.05) is 0 Å². The summed E-state index contributed by atoms with van der Waals surface area (Å²) in [6.07, 6.45) is 13.3. The molecule has 0 radical (unpaired) electrons. The fourth-order valence-electron chi connectivity index (χ4n) is 3.45. The van der Waals surface area contributed by atoms with E-state index in [1.807, 2.05) is 109 Å². The number of nitrogens with zero attached hydrogens (tertiary/aromatic N) is 6. The summed E-state index contributed by atoms with van der Waals surface area (Å²) in [6, 6.07) is 3.85. The third-order valence-corrected chi connectivity index (χ3v) is 5.85. The van der Waals surface area contributed by atoms with Gasteiger partial charge >= 0.3 is 0 Å². The van der Waals surface area contributed by atoms with Crippen LogP contribution < -0.4 is 0 Å². The molecule has 254 valence electrons. The highest BCUT2D eigenvalue weighted by Crippen LogP contribution is 2.11. The number of hydrogen-bond acceptors (Lipinski definition) is 8. The summed E-state index contributed by atoms with van der Waals surface area (Å²) < 4.78 is 25.4. The highest BCUT2D eigenvalue weighted by atomic mass is 16.5. The molecule has 0 saturated carbocycles. The van der Waals surface area contributed by atoms with Crippen molar-refractivity contribution in [3.05, 3.63) is 71.8 Å². The molecule has 4 aromatic heterocycles. The molecule has 0 bridgehead atoms. The van der Waals surface area contributed by atoms with Gasteiger partial charge in [0.1, 0.15) is 0 Å². The third-order valence-electron chi connectivity index (χ3n) is 5.85. The van der Waals surface area contributed by atoms with Crippen LogP contribution in [0.1, 0.15) is 84.3 Å². The van der Waals surface area contributed by atoms with E-state index in [0.29, 0.717) is 25.4 Å². The number of rotatable bonds is 15. The van der Waals surface area contributed by atoms with Crippen LogP contribution in [0.2, 0.25) is 0 Å². The van der Waals surface area contributed by atoms with Crippen molar-refractivity contribution in [2.75, 3.05) is 13.2 Å². The van der Waals surface area contributed by atoms with Crippen molar-refractivity contribution >= 4 is 0 Å². The lowest BCUT2D eigenvalue weighted by Gasteiger charge is -2.06. The topological polar surface area (TPSA) is 130 Å². The zero-order valence-electron chi connectivity index (χ0n) is 29.2. The van der Waals surface area contributed by atoms with Gasteiger partial charge in [0.15, 0.2) is 0 Å². The molecule has 4 aromatic rings. The lowest BCUT2D eigenvalue weighted by Crippen LogP contribution is -2.10. The number of aromatic amines is 2. The second kappa shape index (κ2) is 24.0. The van der Waals surface area contributed by atoms with Gasteiger partial charge < -0.3 is 18.9 Å². The van der Waals surface area contributed by atoms with Crippen molar-refractivity contribution in [3.63, 3.8) is 0 Å². The Morgan fingerprint density at radius 1 is 0.711 bits per heavy atom. The Kier molecular flexibility index (Phi) is 21.2. The van der Waals surface area contributed by atoms with E-state index < -0.39 is 0 Å². The Labute approximate surface area is 270 Å². The summed E-state index contributed by atoms with van der Waals surface area (Å²) in [4.78, 5) is 0. The highest BCUT2D eigenvalue weighted by molar-refractivity contribution is 5.21. The largest absolute Gasteiger partial charge is 0.379 e. The zero-order valence-corrected chi connectivity index (χ0v) is 29.2. The lowest BCUT2D eigenvalue weighted by atomic mass is 10.2. The van der Waals surface area contributed by atoms with Crippen molar-refractivity contribution in [1.29, 1.82) is 0 Å². The second-order valence-electron chi connectivity index (χ2n) is 11.5. The van der Waals surface area contributed by atoms with Crippen LogP contribution in [0.4, 0.5) is 0 Å². The summed E-state index contributed by atoms with van der Waals surface area (Å²) in [5, 5.41) is 21.7. The van der Waals surface area contributed by atoms with E-state index in [1.54, 1.807) is 18.6 Å². The normalized spacial score (nSPS) is 10.9. The molecule has 0 fully saturated rings. The van der Waals surface area contributed by atoms with Crippen molar-refractivity contribution in [1.82, 2.24) is 40.0 Å². The number of H-pyrrole nitrogens is 2. The van der Waals surface area contributed by atoms with Gasteiger partial charge in [-0.3, -0.25) is 19.6 Å². The fraction of sp³-hybridized carbons (Fsp3) is 0.636. The van der Waals surface area contributed by atoms with Crippen LogP contribution in [0.5, 0.6) is 0 Å². The van der Waals surface area contributed by atoms with Gasteiger partial charge in [-0.15, -0.1) is 0 Å². The average Bonchev–Trinajstić information content (AvgIpc) is 3.81. The van der Waals surface area contributed by atoms with Gasteiger partial charge in [0.25, 0.3) is 0 Å². The standard InChI is InChI=1S/2C9H16N2O.C8H14N2O.C7H12N2O/c1-6(2)12-5-9-7(3)10-11-8(9)4;1-9(2)12-8-4-7-11-6-3-5-10-11;1-8(2)11-7-6-10-5-3-4-9-10;1-6(2)10-5-7-3-8-9-4-7/h6H,5H2,1-4H3,(H,10,11);3,5-6,9H,4,7-8H2,1-2H3;3-5,8H,6-7H2,1-2H3;3-4,6H,5H2,1-2H3,(H,8,9). The molecule has 0 spiro atoms. The minimum absolute atomic E-state index is 0.277. The van der Waals surface area contributed by atoms with Crippen LogP contribution in [0.3, 0.4) is 0 Å². The maximum absolute atomic E-state index is 5.49. The van der Waals surface area contributed by atoms with Gasteiger partial charge in [-0.05, 0) is 87.8 Å². The monoisotopic (exact) mass is 630 g/mol. The summed E-state index contributed by atoms with van der Waals surface area (Å²) in [6.45, 7) is 24.9. The molecule has 0 unspecified atom stereocenters. The van der Waals surface area contributed by atoms with Crippen LogP contribution >= 0.6 is 0 Å². The quantitative estimate of drug-likeness (QED) is 0.147. The molecule has 0 amide bonds. The number of nitrogens with one attached hydrogen (secondary N) is 2. The van der Waals surface area contributed by atoms with E-state index >= 15 is 0 Å². The van der Waals surface area contributed by atoms with Crippen LogP contribution in [0.15, 0.2) is 49.3 Å². The molecule has 12 heteroatoms. The Morgan fingerprint density at radius 2 is 1.27 bits per heavy atom. The molecule has 12 nitrogen and oxygen atoms in total. The fourth-order valence-corrected chi connectivity index (χ4v) is 3.45. The minimum Gasteiger partial charge on any atom is -0.379 e. The van der Waals surface area contributed by atoms with E-state index in [1.165, 1.54) is 5.56 Å². The van der Waals surface area contributed by atoms with Crippen LogP contribution in [0.25, 0.3) is 0 Å². The Hall–Kier alpha value is -3.32. The molecule has 45 heavy (non-hydrogen) atoms. The average molecular weight is 631 g/mol. The van der Waals surface area contributed by atoms with Crippen molar-refractivity contribution < 1.29 is 18.9 Å². The maximum atomic E-state index is 5.49. The SMILES string of the molecule is CC(C)OCCCn1cccn1.CC(C)OCCn1cccn1.CC(C)OCc1cn[nH]c1.Cc1n[nH]c(C)c1COC(C)C. The van der Waals surface area contributed by atoms with Gasteiger partial charge in [0, 0.05) is 61.0 Å². The molecule has 0 aliphatic heterocycles. The van der Waals surface area contributed by atoms with Crippen molar-refractivity contribution in [2.24, 2.45) is 0 Å². The molecule has 4 heterocycles. The predicted octanol–water partition coefficient (Wildman–Crippen LogP) is 6.29. The van der Waals surface area contributed by atoms with Crippen LogP contribution in [0, 0.1) is 13.8 Å². The maximum Gasteiger partial charge on any atom is 0.0756 e. The molecular formula is C33H58N8O4. The smallest absolute Gasteiger partial charge is 0.0756 e. The van der Waals surface area contributed by atoms with E-state index in [-0.39, 0.29) is 12.2 Å². The number of aryl methyl sites for hydroxylation is 3. The summed E-state index contributed by atoms with van der Waals surface area (Å²) >= 11 is 0. The van der Waals surface area contributed by atoms with Gasteiger partial charge in [0.05, 0.1) is 62.7 Å². The van der Waals surface area contributed by atoms with Gasteiger partial charge in [-0.2, -0.15) is 20.4 Å². The first-order chi connectivity index (χ1) is 21.5. The number of aromatic nitrogens is 8. The van der Waals surface area contributed by atoms with Gasteiger partial charge in [-0.25, -0.2) is 0 Å². The van der Waals surface area contributed by atoms with E-state index in [4.69, 9.17) is 18.9 Å². The first kappa shape index (κ1) is 39.7. The summed E-state index contributed by atoms with van der Waals surface area (Å²) in [5.41, 5.74) is 4.42. The molecule has 2 N–H and O–H groups in total. The van der Waals surface area contributed by atoms with Crippen LogP contribution in [-0.4, -0.2) is 77.6 Å². The highest BCUT2D eigenvalue weighted by Gasteiger charge is 2.06. The molecule has 0 atom stereocenters. The molecule has 4 rings (SSSR count). The molecule has 0 aliphatic rings. The Balaban J connectivity index is 0.000000301. The first-order valence-corrected chi connectivity index (χ1v) is 15.9. The second-order valence-corrected chi connectivity index (χ2v) is 11.5. The Bertz CT molecular complexity index is 1150.